The molecule has 1 heterocycles. The lowest BCUT2D eigenvalue weighted by Gasteiger charge is -2.11. The summed E-state index contributed by atoms with van der Waals surface area (Å²) in [7, 11) is -3.37. The van der Waals surface area contributed by atoms with E-state index in [9.17, 15) is 8.42 Å². The van der Waals surface area contributed by atoms with E-state index in [1.807, 2.05) is 0 Å². The fourth-order valence-corrected chi connectivity index (χ4v) is 4.01. The molecule has 0 aromatic carbocycles. The van der Waals surface area contributed by atoms with Crippen molar-refractivity contribution >= 4 is 69.0 Å². The van der Waals surface area contributed by atoms with Crippen LogP contribution >= 0.6 is 59.1 Å². The molecule has 12 heavy (non-hydrogen) atoms. The highest BCUT2D eigenvalue weighted by Gasteiger charge is 2.37. The Morgan fingerprint density at radius 3 is 2.25 bits per heavy atom. The number of sulfone groups is 1. The molecule has 0 radical (unpaired) electrons. The molecule has 68 valence electrons. The Labute approximate surface area is 99.7 Å². The molecule has 0 N–H and O–H groups in total. The van der Waals surface area contributed by atoms with Gasteiger partial charge in [-0.05, 0) is 59.2 Å². The SMILES string of the molecule is O=S(=O)(c1ccsc1)C(Br)(Br)Br. The van der Waals surface area contributed by atoms with Crippen LogP contribution in [0.2, 0.25) is 0 Å². The van der Waals surface area contributed by atoms with Gasteiger partial charge in [0.2, 0.25) is 11.3 Å². The number of alkyl halides is 3. The van der Waals surface area contributed by atoms with E-state index in [4.69, 9.17) is 0 Å². The van der Waals surface area contributed by atoms with Crippen LogP contribution < -0.4 is 0 Å². The van der Waals surface area contributed by atoms with Crippen LogP contribution in [0.4, 0.5) is 0 Å². The van der Waals surface area contributed by atoms with Crippen LogP contribution in [0.1, 0.15) is 0 Å². The lowest BCUT2D eigenvalue weighted by Crippen LogP contribution is -2.16. The first kappa shape index (κ1) is 11.2. The first-order chi connectivity index (χ1) is 5.36. The molecule has 1 rings (SSSR count). The number of hydrogen-bond donors (Lipinski definition) is 0. The molecule has 0 amide bonds. The van der Waals surface area contributed by atoms with Crippen LogP contribution in [0.3, 0.4) is 0 Å². The zero-order valence-corrected chi connectivity index (χ0v) is 11.9. The molecule has 2 nitrogen and oxygen atoms in total. The highest BCUT2D eigenvalue weighted by molar-refractivity contribution is 9.42. The predicted octanol–water partition coefficient (Wildman–Crippen LogP) is 3.32. The van der Waals surface area contributed by atoms with Crippen LogP contribution in [-0.2, 0) is 9.84 Å². The third kappa shape index (κ3) is 2.12. The van der Waals surface area contributed by atoms with Gasteiger partial charge in [0, 0.05) is 5.38 Å². The summed E-state index contributed by atoms with van der Waals surface area (Å²) < 4.78 is 21.9. The molecule has 0 aliphatic carbocycles. The van der Waals surface area contributed by atoms with Crippen molar-refractivity contribution in [1.29, 1.82) is 0 Å². The molecule has 0 aliphatic heterocycles. The van der Waals surface area contributed by atoms with Gasteiger partial charge >= 0.3 is 0 Å². The average Bonchev–Trinajstić information content (AvgIpc) is 2.34. The maximum absolute atomic E-state index is 11.6. The summed E-state index contributed by atoms with van der Waals surface area (Å²) in [5, 5.41) is 3.29. The Morgan fingerprint density at radius 2 is 1.92 bits per heavy atom. The molecule has 0 aliphatic rings. The topological polar surface area (TPSA) is 34.1 Å². The number of rotatable bonds is 1. The molecule has 7 heteroatoms. The zero-order valence-electron chi connectivity index (χ0n) is 5.50. The number of thiophene rings is 1. The average molecular weight is 399 g/mol. The molecule has 0 saturated carbocycles. The molecule has 0 spiro atoms. The minimum absolute atomic E-state index is 0.290. The highest BCUT2D eigenvalue weighted by Crippen LogP contribution is 2.43. The predicted molar refractivity (Wildman–Crippen MR) is 61.0 cm³/mol. The van der Waals surface area contributed by atoms with Crippen molar-refractivity contribution < 1.29 is 8.42 Å². The Balaban J connectivity index is 3.22. The van der Waals surface area contributed by atoms with Gasteiger partial charge in [-0.3, -0.25) is 0 Å². The van der Waals surface area contributed by atoms with Crippen molar-refractivity contribution in [3.63, 3.8) is 0 Å². The summed E-state index contributed by atoms with van der Waals surface area (Å²) in [5.74, 6) is 0. The second-order valence-electron chi connectivity index (χ2n) is 1.91. The van der Waals surface area contributed by atoms with Crippen LogP contribution in [-0.4, -0.2) is 9.89 Å². The summed E-state index contributed by atoms with van der Waals surface area (Å²) in [4.78, 5) is 0.290. The van der Waals surface area contributed by atoms with E-state index in [0.29, 0.717) is 0 Å². The van der Waals surface area contributed by atoms with Gasteiger partial charge < -0.3 is 0 Å². The molecule has 0 unspecified atom stereocenters. The standard InChI is InChI=1S/C5H3Br3O2S2/c6-5(7,8)12(9,10)4-1-2-11-3-4/h1-3H. The maximum Gasteiger partial charge on any atom is 0.239 e. The van der Waals surface area contributed by atoms with E-state index in [2.05, 4.69) is 47.8 Å². The van der Waals surface area contributed by atoms with Crippen LogP contribution in [0.15, 0.2) is 21.7 Å². The Morgan fingerprint density at radius 1 is 1.33 bits per heavy atom. The lowest BCUT2D eigenvalue weighted by molar-refractivity contribution is 0.599. The third-order valence-corrected chi connectivity index (χ3v) is 7.26. The minimum atomic E-state index is -3.37. The van der Waals surface area contributed by atoms with Gasteiger partial charge in [-0.2, -0.15) is 11.3 Å². The van der Waals surface area contributed by atoms with E-state index < -0.39 is 11.3 Å². The molecule has 0 atom stereocenters. The zero-order chi connectivity index (χ0) is 9.41. The molecule has 1 aromatic rings. The molecule has 0 bridgehead atoms. The maximum atomic E-state index is 11.6. The van der Waals surface area contributed by atoms with E-state index in [1.165, 1.54) is 11.3 Å². The first-order valence-corrected chi connectivity index (χ1v) is 7.50. The van der Waals surface area contributed by atoms with Crippen molar-refractivity contribution in [2.75, 3.05) is 0 Å². The van der Waals surface area contributed by atoms with Crippen molar-refractivity contribution in [1.82, 2.24) is 0 Å². The monoisotopic (exact) mass is 396 g/mol. The van der Waals surface area contributed by atoms with Crippen molar-refractivity contribution in [2.45, 2.75) is 6.37 Å². The molecule has 0 fully saturated rings. The molecule has 0 saturated heterocycles. The molecule has 1 aromatic heterocycles. The van der Waals surface area contributed by atoms with E-state index in [1.54, 1.807) is 16.8 Å². The summed E-state index contributed by atoms with van der Waals surface area (Å²) in [5.41, 5.74) is 0. The van der Waals surface area contributed by atoms with Gasteiger partial charge in [0.05, 0.1) is 4.90 Å². The normalized spacial score (nSPS) is 13.2. The first-order valence-electron chi connectivity index (χ1n) is 2.69. The quantitative estimate of drug-likeness (QED) is 0.680. The summed E-state index contributed by atoms with van der Waals surface area (Å²) in [6, 6.07) is 1.55. The summed E-state index contributed by atoms with van der Waals surface area (Å²) in [6.07, 6.45) is 0. The van der Waals surface area contributed by atoms with Gasteiger partial charge in [0.25, 0.3) is 0 Å². The third-order valence-electron chi connectivity index (χ3n) is 1.11. The summed E-state index contributed by atoms with van der Waals surface area (Å²) in [6.45, 7) is 0. The van der Waals surface area contributed by atoms with Gasteiger partial charge in [-0.1, -0.05) is 0 Å². The van der Waals surface area contributed by atoms with Gasteiger partial charge in [-0.15, -0.1) is 0 Å². The molecular formula is C5H3Br3O2S2. The Hall–Kier alpha value is 1.09. The Kier molecular flexibility index (Phi) is 3.43. The number of hydrogen-bond acceptors (Lipinski definition) is 3. The van der Waals surface area contributed by atoms with Crippen molar-refractivity contribution in [3.8, 4) is 0 Å². The van der Waals surface area contributed by atoms with E-state index >= 15 is 0 Å². The fraction of sp³-hybridized carbons (Fsp3) is 0.200. The number of halogens is 3. The Bertz CT molecular complexity index is 349. The fourth-order valence-electron chi connectivity index (χ4n) is 0.539. The minimum Gasteiger partial charge on any atom is -0.220 e. The smallest absolute Gasteiger partial charge is 0.220 e. The van der Waals surface area contributed by atoms with E-state index in [-0.39, 0.29) is 4.90 Å². The highest BCUT2D eigenvalue weighted by atomic mass is 80.0. The van der Waals surface area contributed by atoms with Crippen LogP contribution in [0, 0.1) is 0 Å². The van der Waals surface area contributed by atoms with Crippen molar-refractivity contribution in [3.05, 3.63) is 16.8 Å². The largest absolute Gasteiger partial charge is 0.239 e. The van der Waals surface area contributed by atoms with E-state index in [0.717, 1.165) is 0 Å². The van der Waals surface area contributed by atoms with Gasteiger partial charge in [0.15, 0.2) is 0 Å². The van der Waals surface area contributed by atoms with Crippen LogP contribution in [0.5, 0.6) is 0 Å². The lowest BCUT2D eigenvalue weighted by atomic mass is 10.7. The second-order valence-corrected chi connectivity index (χ2v) is 13.1. The van der Waals surface area contributed by atoms with Crippen molar-refractivity contribution in [2.24, 2.45) is 0 Å². The second kappa shape index (κ2) is 3.68. The molecular weight excluding hydrogens is 396 g/mol. The van der Waals surface area contributed by atoms with Crippen LogP contribution in [0.25, 0.3) is 0 Å². The summed E-state index contributed by atoms with van der Waals surface area (Å²) >= 11 is 10.3. The van der Waals surface area contributed by atoms with Gasteiger partial charge in [-0.25, -0.2) is 8.42 Å². The van der Waals surface area contributed by atoms with Gasteiger partial charge in [0.1, 0.15) is 0 Å².